The third-order valence-corrected chi connectivity index (χ3v) is 2.58. The zero-order chi connectivity index (χ0) is 10.6. The van der Waals surface area contributed by atoms with Gasteiger partial charge < -0.3 is 9.67 Å². The summed E-state index contributed by atoms with van der Waals surface area (Å²) in [5, 5.41) is 9.52. The van der Waals surface area contributed by atoms with E-state index in [1.54, 1.807) is 0 Å². The smallest absolute Gasteiger partial charge is 0.0911 e. The normalized spacial score (nSPS) is 15.4. The molecule has 2 unspecified atom stereocenters. The van der Waals surface area contributed by atoms with Crippen LogP contribution in [-0.2, 0) is 6.54 Å². The molecule has 0 aliphatic rings. The van der Waals surface area contributed by atoms with Crippen LogP contribution in [0.15, 0.2) is 18.3 Å². The van der Waals surface area contributed by atoms with Crippen LogP contribution >= 0.6 is 0 Å². The standard InChI is InChI=1S/C12H21NO/c1-4-6-10(2)9-13-8-5-7-12(13)11(3)14/h5,7-8,10-11,14H,4,6,9H2,1-3H3. The van der Waals surface area contributed by atoms with Crippen LogP contribution in [0.3, 0.4) is 0 Å². The van der Waals surface area contributed by atoms with E-state index in [1.165, 1.54) is 12.8 Å². The van der Waals surface area contributed by atoms with E-state index in [0.717, 1.165) is 12.2 Å². The fourth-order valence-electron chi connectivity index (χ4n) is 1.89. The lowest BCUT2D eigenvalue weighted by atomic mass is 10.1. The Hall–Kier alpha value is -0.760. The largest absolute Gasteiger partial charge is 0.387 e. The summed E-state index contributed by atoms with van der Waals surface area (Å²) in [4.78, 5) is 0. The van der Waals surface area contributed by atoms with E-state index in [4.69, 9.17) is 0 Å². The highest BCUT2D eigenvalue weighted by molar-refractivity contribution is 5.09. The first-order chi connectivity index (χ1) is 6.65. The van der Waals surface area contributed by atoms with Crippen LogP contribution in [0.4, 0.5) is 0 Å². The summed E-state index contributed by atoms with van der Waals surface area (Å²) in [6.45, 7) is 7.30. The van der Waals surface area contributed by atoms with E-state index in [-0.39, 0.29) is 6.10 Å². The molecule has 1 heterocycles. The molecule has 0 saturated carbocycles. The van der Waals surface area contributed by atoms with Crippen LogP contribution in [-0.4, -0.2) is 9.67 Å². The summed E-state index contributed by atoms with van der Waals surface area (Å²) in [6, 6.07) is 3.99. The minimum absolute atomic E-state index is 0.362. The van der Waals surface area contributed by atoms with Gasteiger partial charge in [0.1, 0.15) is 0 Å². The van der Waals surface area contributed by atoms with Gasteiger partial charge in [-0.3, -0.25) is 0 Å². The molecule has 80 valence electrons. The highest BCUT2D eigenvalue weighted by Gasteiger charge is 2.08. The van der Waals surface area contributed by atoms with Gasteiger partial charge >= 0.3 is 0 Å². The lowest BCUT2D eigenvalue weighted by molar-refractivity contribution is 0.187. The van der Waals surface area contributed by atoms with Gasteiger partial charge in [0.25, 0.3) is 0 Å². The molecule has 1 aromatic heterocycles. The fraction of sp³-hybridized carbons (Fsp3) is 0.667. The first-order valence-corrected chi connectivity index (χ1v) is 5.48. The van der Waals surface area contributed by atoms with Crippen molar-refractivity contribution in [3.05, 3.63) is 24.0 Å². The van der Waals surface area contributed by atoms with Gasteiger partial charge in [-0.25, -0.2) is 0 Å². The second-order valence-electron chi connectivity index (χ2n) is 4.16. The number of hydrogen-bond donors (Lipinski definition) is 1. The number of nitrogens with zero attached hydrogens (tertiary/aromatic N) is 1. The Bertz CT molecular complexity index is 265. The summed E-state index contributed by atoms with van der Waals surface area (Å²) in [5.74, 6) is 0.685. The molecule has 2 nitrogen and oxygen atoms in total. The third-order valence-electron chi connectivity index (χ3n) is 2.58. The summed E-state index contributed by atoms with van der Waals surface area (Å²) in [6.07, 6.45) is 4.16. The predicted octanol–water partition coefficient (Wildman–Crippen LogP) is 2.98. The van der Waals surface area contributed by atoms with Crippen molar-refractivity contribution in [1.82, 2.24) is 4.57 Å². The monoisotopic (exact) mass is 195 g/mol. The van der Waals surface area contributed by atoms with Crippen molar-refractivity contribution in [2.24, 2.45) is 5.92 Å². The fourth-order valence-corrected chi connectivity index (χ4v) is 1.89. The molecule has 1 rings (SSSR count). The maximum Gasteiger partial charge on any atom is 0.0911 e. The zero-order valence-corrected chi connectivity index (χ0v) is 9.40. The van der Waals surface area contributed by atoms with Gasteiger partial charge in [-0.2, -0.15) is 0 Å². The molecule has 14 heavy (non-hydrogen) atoms. The third kappa shape index (κ3) is 2.88. The number of aliphatic hydroxyl groups excluding tert-OH is 1. The minimum Gasteiger partial charge on any atom is -0.387 e. The summed E-state index contributed by atoms with van der Waals surface area (Å²) in [5.41, 5.74) is 1.02. The Morgan fingerprint density at radius 2 is 2.14 bits per heavy atom. The van der Waals surface area contributed by atoms with Crippen LogP contribution in [0.1, 0.15) is 45.4 Å². The molecule has 0 fully saturated rings. The molecular formula is C12H21NO. The highest BCUT2D eigenvalue weighted by atomic mass is 16.3. The zero-order valence-electron chi connectivity index (χ0n) is 9.40. The van der Waals surface area contributed by atoms with E-state index in [1.807, 2.05) is 25.3 Å². The van der Waals surface area contributed by atoms with Gasteiger partial charge in [0, 0.05) is 18.4 Å². The number of hydrogen-bond acceptors (Lipinski definition) is 1. The van der Waals surface area contributed by atoms with Crippen molar-refractivity contribution in [3.8, 4) is 0 Å². The van der Waals surface area contributed by atoms with Gasteiger partial charge in [0.15, 0.2) is 0 Å². The summed E-state index contributed by atoms with van der Waals surface area (Å²) < 4.78 is 2.16. The first kappa shape index (κ1) is 11.3. The van der Waals surface area contributed by atoms with Crippen LogP contribution in [0, 0.1) is 5.92 Å². The van der Waals surface area contributed by atoms with Crippen LogP contribution in [0.25, 0.3) is 0 Å². The van der Waals surface area contributed by atoms with Crippen molar-refractivity contribution in [2.75, 3.05) is 0 Å². The highest BCUT2D eigenvalue weighted by Crippen LogP contribution is 2.16. The molecular weight excluding hydrogens is 174 g/mol. The number of aliphatic hydroxyl groups is 1. The van der Waals surface area contributed by atoms with E-state index in [0.29, 0.717) is 5.92 Å². The summed E-state index contributed by atoms with van der Waals surface area (Å²) >= 11 is 0. The Balaban J connectivity index is 2.61. The average molecular weight is 195 g/mol. The van der Waals surface area contributed by atoms with Crippen molar-refractivity contribution in [1.29, 1.82) is 0 Å². The van der Waals surface area contributed by atoms with Gasteiger partial charge in [0.2, 0.25) is 0 Å². The van der Waals surface area contributed by atoms with Gasteiger partial charge in [-0.05, 0) is 31.4 Å². The quantitative estimate of drug-likeness (QED) is 0.767. The molecule has 0 bridgehead atoms. The van der Waals surface area contributed by atoms with E-state index in [9.17, 15) is 5.11 Å². The molecule has 2 atom stereocenters. The molecule has 1 aromatic rings. The molecule has 0 aliphatic carbocycles. The minimum atomic E-state index is -0.362. The molecule has 0 radical (unpaired) electrons. The topological polar surface area (TPSA) is 25.2 Å². The van der Waals surface area contributed by atoms with Crippen LogP contribution in [0.2, 0.25) is 0 Å². The SMILES string of the molecule is CCCC(C)Cn1cccc1C(C)O. The average Bonchev–Trinajstić information content (AvgIpc) is 2.52. The van der Waals surface area contributed by atoms with Crippen LogP contribution in [0.5, 0.6) is 0 Å². The molecule has 0 aliphatic heterocycles. The number of rotatable bonds is 5. The van der Waals surface area contributed by atoms with E-state index in [2.05, 4.69) is 18.4 Å². The Morgan fingerprint density at radius 1 is 1.43 bits per heavy atom. The molecule has 0 aromatic carbocycles. The number of aromatic nitrogens is 1. The second-order valence-corrected chi connectivity index (χ2v) is 4.16. The molecule has 0 saturated heterocycles. The van der Waals surface area contributed by atoms with Crippen molar-refractivity contribution in [2.45, 2.75) is 46.3 Å². The molecule has 0 spiro atoms. The van der Waals surface area contributed by atoms with Gasteiger partial charge in [0.05, 0.1) is 6.10 Å². The van der Waals surface area contributed by atoms with E-state index >= 15 is 0 Å². The van der Waals surface area contributed by atoms with Crippen LogP contribution < -0.4 is 0 Å². The van der Waals surface area contributed by atoms with Crippen molar-refractivity contribution < 1.29 is 5.11 Å². The maximum atomic E-state index is 9.52. The molecule has 0 amide bonds. The summed E-state index contributed by atoms with van der Waals surface area (Å²) in [7, 11) is 0. The Morgan fingerprint density at radius 3 is 2.71 bits per heavy atom. The predicted molar refractivity (Wildman–Crippen MR) is 59.1 cm³/mol. The lowest BCUT2D eigenvalue weighted by Crippen LogP contribution is -2.10. The van der Waals surface area contributed by atoms with Crippen molar-refractivity contribution >= 4 is 0 Å². The van der Waals surface area contributed by atoms with Gasteiger partial charge in [-0.1, -0.05) is 20.3 Å². The molecule has 2 heteroatoms. The van der Waals surface area contributed by atoms with Crippen molar-refractivity contribution in [3.63, 3.8) is 0 Å². The Labute approximate surface area is 86.6 Å². The second kappa shape index (κ2) is 5.20. The lowest BCUT2D eigenvalue weighted by Gasteiger charge is -2.15. The van der Waals surface area contributed by atoms with E-state index < -0.39 is 0 Å². The maximum absolute atomic E-state index is 9.52. The van der Waals surface area contributed by atoms with Gasteiger partial charge in [-0.15, -0.1) is 0 Å². The first-order valence-electron chi connectivity index (χ1n) is 5.48. The molecule has 1 N–H and O–H groups in total. The Kier molecular flexibility index (Phi) is 4.21.